The normalized spacial score (nSPS) is 18.0. The van der Waals surface area contributed by atoms with Crippen LogP contribution in [0.1, 0.15) is 23.7 Å². The third-order valence-electron chi connectivity index (χ3n) is 4.18. The molecular formula is C20H18BrN3O4S. The van der Waals surface area contributed by atoms with Gasteiger partial charge in [0.2, 0.25) is 11.8 Å². The van der Waals surface area contributed by atoms with Crippen LogP contribution < -0.4 is 5.32 Å². The number of thioether (sulfide) groups is 1. The Morgan fingerprint density at radius 1 is 1.28 bits per heavy atom. The number of carbonyl (C=O) groups is 3. The number of rotatable bonds is 5. The SMILES string of the molecule is CCN1C(=O)CC(C(=O)Nc2cccc(C(=O)O)c2)SC1=Nc1ccc(Br)cc1. The summed E-state index contributed by atoms with van der Waals surface area (Å²) in [6.45, 7) is 2.31. The summed E-state index contributed by atoms with van der Waals surface area (Å²) in [7, 11) is 0. The molecule has 0 radical (unpaired) electrons. The van der Waals surface area contributed by atoms with E-state index < -0.39 is 11.2 Å². The molecule has 1 saturated heterocycles. The first kappa shape index (κ1) is 21.1. The van der Waals surface area contributed by atoms with Crippen molar-refractivity contribution in [3.8, 4) is 0 Å². The molecule has 29 heavy (non-hydrogen) atoms. The number of aliphatic imine (C=N–C) groups is 1. The van der Waals surface area contributed by atoms with Crippen LogP contribution in [0.3, 0.4) is 0 Å². The number of hydrogen-bond donors (Lipinski definition) is 2. The summed E-state index contributed by atoms with van der Waals surface area (Å²) < 4.78 is 0.919. The quantitative estimate of drug-likeness (QED) is 0.677. The highest BCUT2D eigenvalue weighted by atomic mass is 79.9. The minimum atomic E-state index is -1.08. The number of carboxylic acid groups (broad SMARTS) is 1. The standard InChI is InChI=1S/C20H18BrN3O4S/c1-2-24-17(25)11-16(29-20(24)23-14-8-6-13(21)7-9-14)18(26)22-15-5-3-4-12(10-15)19(27)28/h3-10,16H,2,11H2,1H3,(H,22,26)(H,27,28). The van der Waals surface area contributed by atoms with E-state index in [0.29, 0.717) is 23.1 Å². The molecule has 0 aliphatic carbocycles. The molecule has 0 aromatic heterocycles. The molecule has 3 rings (SSSR count). The number of aromatic carboxylic acids is 1. The summed E-state index contributed by atoms with van der Waals surface area (Å²) in [5.41, 5.74) is 1.12. The second kappa shape index (κ2) is 9.23. The summed E-state index contributed by atoms with van der Waals surface area (Å²) in [5.74, 6) is -1.63. The summed E-state index contributed by atoms with van der Waals surface area (Å²) in [5, 5.41) is 11.6. The van der Waals surface area contributed by atoms with E-state index in [9.17, 15) is 14.4 Å². The van der Waals surface area contributed by atoms with E-state index in [0.717, 1.165) is 4.47 Å². The van der Waals surface area contributed by atoms with Gasteiger partial charge in [0.1, 0.15) is 5.25 Å². The lowest BCUT2D eigenvalue weighted by Gasteiger charge is -2.30. The number of carbonyl (C=O) groups excluding carboxylic acids is 2. The third kappa shape index (κ3) is 5.24. The Labute approximate surface area is 180 Å². The Bertz CT molecular complexity index is 978. The van der Waals surface area contributed by atoms with Crippen LogP contribution in [-0.4, -0.2) is 44.8 Å². The van der Waals surface area contributed by atoms with Gasteiger partial charge in [0.05, 0.1) is 11.3 Å². The predicted molar refractivity (Wildman–Crippen MR) is 117 cm³/mol. The second-order valence-electron chi connectivity index (χ2n) is 6.19. The predicted octanol–water partition coefficient (Wildman–Crippen LogP) is 4.13. The van der Waals surface area contributed by atoms with Gasteiger partial charge >= 0.3 is 5.97 Å². The van der Waals surface area contributed by atoms with Crippen molar-refractivity contribution in [3.63, 3.8) is 0 Å². The lowest BCUT2D eigenvalue weighted by atomic mass is 10.2. The zero-order valence-electron chi connectivity index (χ0n) is 15.5. The highest BCUT2D eigenvalue weighted by Crippen LogP contribution is 2.30. The van der Waals surface area contributed by atoms with Crippen LogP contribution >= 0.6 is 27.7 Å². The van der Waals surface area contributed by atoms with Crippen LogP contribution in [0.15, 0.2) is 58.0 Å². The maximum atomic E-state index is 12.7. The van der Waals surface area contributed by atoms with Gasteiger partial charge in [-0.3, -0.25) is 14.5 Å². The van der Waals surface area contributed by atoms with Crippen molar-refractivity contribution in [2.24, 2.45) is 4.99 Å². The van der Waals surface area contributed by atoms with Gasteiger partial charge in [-0.15, -0.1) is 0 Å². The van der Waals surface area contributed by atoms with E-state index in [1.807, 2.05) is 31.2 Å². The molecule has 2 N–H and O–H groups in total. The number of carboxylic acids is 1. The number of benzene rings is 2. The molecular weight excluding hydrogens is 458 g/mol. The summed E-state index contributed by atoms with van der Waals surface area (Å²) in [4.78, 5) is 42.5. The van der Waals surface area contributed by atoms with Gasteiger partial charge in [0.15, 0.2) is 5.17 Å². The average Bonchev–Trinajstić information content (AvgIpc) is 2.69. The fourth-order valence-electron chi connectivity index (χ4n) is 2.73. The van der Waals surface area contributed by atoms with Crippen molar-refractivity contribution in [2.45, 2.75) is 18.6 Å². The van der Waals surface area contributed by atoms with Crippen LogP contribution in [-0.2, 0) is 9.59 Å². The molecule has 9 heteroatoms. The number of nitrogens with zero attached hydrogens (tertiary/aromatic N) is 2. The maximum absolute atomic E-state index is 12.7. The summed E-state index contributed by atoms with van der Waals surface area (Å²) in [6, 6.07) is 13.3. The third-order valence-corrected chi connectivity index (χ3v) is 5.89. The van der Waals surface area contributed by atoms with Crippen molar-refractivity contribution in [1.29, 1.82) is 0 Å². The van der Waals surface area contributed by atoms with Gasteiger partial charge in [-0.1, -0.05) is 33.8 Å². The van der Waals surface area contributed by atoms with E-state index in [1.165, 1.54) is 23.9 Å². The fourth-order valence-corrected chi connectivity index (χ4v) is 4.16. The first-order chi connectivity index (χ1) is 13.9. The van der Waals surface area contributed by atoms with Crippen molar-refractivity contribution in [3.05, 3.63) is 58.6 Å². The first-order valence-corrected chi connectivity index (χ1v) is 10.5. The smallest absolute Gasteiger partial charge is 0.335 e. The zero-order valence-corrected chi connectivity index (χ0v) is 17.9. The Hall–Kier alpha value is -2.65. The monoisotopic (exact) mass is 475 g/mol. The molecule has 2 aromatic carbocycles. The largest absolute Gasteiger partial charge is 0.478 e. The lowest BCUT2D eigenvalue weighted by Crippen LogP contribution is -2.45. The van der Waals surface area contributed by atoms with E-state index in [2.05, 4.69) is 26.2 Å². The molecule has 1 aliphatic heterocycles. The van der Waals surface area contributed by atoms with Crippen molar-refractivity contribution >= 4 is 62.0 Å². The Morgan fingerprint density at radius 3 is 2.66 bits per heavy atom. The number of nitrogens with one attached hydrogen (secondary N) is 1. The van der Waals surface area contributed by atoms with Gasteiger partial charge in [-0.25, -0.2) is 9.79 Å². The van der Waals surface area contributed by atoms with Gasteiger partial charge < -0.3 is 10.4 Å². The lowest BCUT2D eigenvalue weighted by molar-refractivity contribution is -0.129. The van der Waals surface area contributed by atoms with Crippen molar-refractivity contribution in [2.75, 3.05) is 11.9 Å². The highest BCUT2D eigenvalue weighted by molar-refractivity contribution is 9.10. The molecule has 1 heterocycles. The maximum Gasteiger partial charge on any atom is 0.335 e. The van der Waals surface area contributed by atoms with E-state index in [4.69, 9.17) is 5.11 Å². The molecule has 0 spiro atoms. The number of amides is 2. The number of halogens is 1. The molecule has 150 valence electrons. The molecule has 1 unspecified atom stereocenters. The van der Waals surface area contributed by atoms with Crippen LogP contribution in [0.5, 0.6) is 0 Å². The van der Waals surface area contributed by atoms with Crippen LogP contribution in [0.2, 0.25) is 0 Å². The number of anilines is 1. The molecule has 1 atom stereocenters. The minimum absolute atomic E-state index is 0.0440. The van der Waals surface area contributed by atoms with Gasteiger partial charge in [0, 0.05) is 23.1 Å². The number of amidine groups is 1. The molecule has 0 bridgehead atoms. The topological polar surface area (TPSA) is 99.1 Å². The van der Waals surface area contributed by atoms with E-state index in [-0.39, 0.29) is 23.8 Å². The number of hydrogen-bond acceptors (Lipinski definition) is 5. The average molecular weight is 476 g/mol. The fraction of sp³-hybridized carbons (Fsp3) is 0.200. The van der Waals surface area contributed by atoms with Gasteiger partial charge in [-0.2, -0.15) is 0 Å². The molecule has 2 amide bonds. The van der Waals surface area contributed by atoms with Crippen LogP contribution in [0.25, 0.3) is 0 Å². The molecule has 0 saturated carbocycles. The van der Waals surface area contributed by atoms with Gasteiger partial charge in [0.25, 0.3) is 0 Å². The van der Waals surface area contributed by atoms with E-state index >= 15 is 0 Å². The van der Waals surface area contributed by atoms with Crippen LogP contribution in [0.4, 0.5) is 11.4 Å². The molecule has 1 aliphatic rings. The van der Waals surface area contributed by atoms with Crippen molar-refractivity contribution < 1.29 is 19.5 Å². The Balaban J connectivity index is 1.80. The van der Waals surface area contributed by atoms with Crippen LogP contribution in [0, 0.1) is 0 Å². The molecule has 1 fully saturated rings. The Kier molecular flexibility index (Phi) is 6.71. The Morgan fingerprint density at radius 2 is 2.00 bits per heavy atom. The second-order valence-corrected chi connectivity index (χ2v) is 8.28. The minimum Gasteiger partial charge on any atom is -0.478 e. The van der Waals surface area contributed by atoms with Crippen molar-refractivity contribution in [1.82, 2.24) is 4.90 Å². The van der Waals surface area contributed by atoms with Gasteiger partial charge in [-0.05, 0) is 49.4 Å². The first-order valence-electron chi connectivity index (χ1n) is 8.83. The zero-order chi connectivity index (χ0) is 21.0. The summed E-state index contributed by atoms with van der Waals surface area (Å²) in [6.07, 6.45) is 0.0440. The highest BCUT2D eigenvalue weighted by Gasteiger charge is 2.35. The molecule has 7 nitrogen and oxygen atoms in total. The van der Waals surface area contributed by atoms with E-state index in [1.54, 1.807) is 17.0 Å². The summed E-state index contributed by atoms with van der Waals surface area (Å²) >= 11 is 4.59. The molecule has 2 aromatic rings.